The highest BCUT2D eigenvalue weighted by Gasteiger charge is 2.12. The van der Waals surface area contributed by atoms with Crippen molar-refractivity contribution in [2.45, 2.75) is 13.3 Å². The van der Waals surface area contributed by atoms with E-state index >= 15 is 0 Å². The van der Waals surface area contributed by atoms with E-state index in [1.54, 1.807) is 24.5 Å². The Bertz CT molecular complexity index is 565. The molecule has 1 aromatic heterocycles. The Morgan fingerprint density at radius 3 is 2.81 bits per heavy atom. The van der Waals surface area contributed by atoms with Crippen LogP contribution in [-0.2, 0) is 4.79 Å². The van der Waals surface area contributed by atoms with Crippen LogP contribution in [0.4, 0.5) is 0 Å². The zero-order valence-electron chi connectivity index (χ0n) is 8.69. The molecule has 16 heavy (non-hydrogen) atoms. The van der Waals surface area contributed by atoms with Gasteiger partial charge in [0.15, 0.2) is 5.78 Å². The summed E-state index contributed by atoms with van der Waals surface area (Å²) in [4.78, 5) is 21.9. The van der Waals surface area contributed by atoms with Gasteiger partial charge in [-0.15, -0.1) is 0 Å². The molecule has 1 aromatic carbocycles. The minimum Gasteiger partial charge on any atom is -0.481 e. The van der Waals surface area contributed by atoms with Gasteiger partial charge in [-0.25, -0.2) is 0 Å². The van der Waals surface area contributed by atoms with Gasteiger partial charge in [0, 0.05) is 10.9 Å². The summed E-state index contributed by atoms with van der Waals surface area (Å²) < 4.78 is 5.24. The van der Waals surface area contributed by atoms with Gasteiger partial charge in [-0.05, 0) is 30.7 Å². The van der Waals surface area contributed by atoms with Crippen molar-refractivity contribution in [3.8, 4) is 0 Å². The van der Waals surface area contributed by atoms with Gasteiger partial charge in [-0.1, -0.05) is 0 Å². The van der Waals surface area contributed by atoms with Crippen LogP contribution < -0.4 is 0 Å². The molecule has 1 heterocycles. The molecule has 0 bridgehead atoms. The molecule has 0 saturated carbocycles. The maximum absolute atomic E-state index is 11.5. The Labute approximate surface area is 91.5 Å². The normalized spacial score (nSPS) is 10.6. The first-order valence-corrected chi connectivity index (χ1v) is 4.81. The molecule has 2 rings (SSSR count). The second-order valence-electron chi connectivity index (χ2n) is 3.62. The summed E-state index contributed by atoms with van der Waals surface area (Å²) in [5.74, 6) is -1.51. The molecular formula is C12H10O4. The second-order valence-corrected chi connectivity index (χ2v) is 3.62. The molecule has 0 aliphatic carbocycles. The summed E-state index contributed by atoms with van der Waals surface area (Å²) in [5.41, 5.74) is 2.03. The molecule has 0 amide bonds. The Morgan fingerprint density at radius 2 is 2.12 bits per heavy atom. The van der Waals surface area contributed by atoms with Gasteiger partial charge in [0.1, 0.15) is 12.0 Å². The molecule has 0 unspecified atom stereocenters. The molecule has 0 aliphatic rings. The standard InChI is InChI=1S/C12H10O4/c1-7-6-16-11-3-2-8(4-9(7)11)10(13)5-12(14)15/h2-4,6H,5H2,1H3,(H,14,15). The minimum atomic E-state index is -1.12. The molecule has 0 radical (unpaired) electrons. The number of ketones is 1. The molecule has 0 atom stereocenters. The van der Waals surface area contributed by atoms with E-state index in [1.165, 1.54) is 0 Å². The average molecular weight is 218 g/mol. The maximum atomic E-state index is 11.5. The summed E-state index contributed by atoms with van der Waals surface area (Å²) in [6.07, 6.45) is 1.12. The third-order valence-electron chi connectivity index (χ3n) is 2.40. The van der Waals surface area contributed by atoms with Crippen LogP contribution in [0.1, 0.15) is 22.3 Å². The zero-order valence-corrected chi connectivity index (χ0v) is 8.69. The number of Topliss-reactive ketones (excluding diaryl/α,β-unsaturated/α-hetero) is 1. The molecule has 0 spiro atoms. The van der Waals surface area contributed by atoms with Gasteiger partial charge in [0.25, 0.3) is 0 Å². The van der Waals surface area contributed by atoms with Gasteiger partial charge in [0.2, 0.25) is 0 Å². The number of carbonyl (C=O) groups is 2. The number of rotatable bonds is 3. The largest absolute Gasteiger partial charge is 0.481 e. The predicted molar refractivity (Wildman–Crippen MR) is 57.5 cm³/mol. The molecule has 0 aliphatic heterocycles. The first kappa shape index (κ1) is 10.4. The van der Waals surface area contributed by atoms with Gasteiger partial charge in [0.05, 0.1) is 6.26 Å². The van der Waals surface area contributed by atoms with Gasteiger partial charge in [-0.3, -0.25) is 9.59 Å². The summed E-state index contributed by atoms with van der Waals surface area (Å²) in [5, 5.41) is 9.38. The van der Waals surface area contributed by atoms with Gasteiger partial charge in [-0.2, -0.15) is 0 Å². The number of benzene rings is 1. The SMILES string of the molecule is Cc1coc2ccc(C(=O)CC(=O)O)cc12. The van der Waals surface area contributed by atoms with Gasteiger partial charge < -0.3 is 9.52 Å². The Morgan fingerprint density at radius 1 is 1.38 bits per heavy atom. The number of hydrogen-bond acceptors (Lipinski definition) is 3. The summed E-state index contributed by atoms with van der Waals surface area (Å²) in [7, 11) is 0. The van der Waals surface area contributed by atoms with Crippen LogP contribution in [-0.4, -0.2) is 16.9 Å². The van der Waals surface area contributed by atoms with Crippen LogP contribution in [0, 0.1) is 6.92 Å². The van der Waals surface area contributed by atoms with E-state index in [0.29, 0.717) is 11.1 Å². The van der Waals surface area contributed by atoms with Crippen molar-refractivity contribution < 1.29 is 19.1 Å². The topological polar surface area (TPSA) is 67.5 Å². The molecule has 82 valence electrons. The van der Waals surface area contributed by atoms with Crippen molar-refractivity contribution in [3.63, 3.8) is 0 Å². The molecule has 1 N–H and O–H groups in total. The first-order valence-electron chi connectivity index (χ1n) is 4.81. The van der Waals surface area contributed by atoms with Crippen molar-refractivity contribution >= 4 is 22.7 Å². The van der Waals surface area contributed by atoms with E-state index < -0.39 is 18.2 Å². The van der Waals surface area contributed by atoms with E-state index in [4.69, 9.17) is 9.52 Å². The molecule has 2 aromatic rings. The highest BCUT2D eigenvalue weighted by atomic mass is 16.4. The van der Waals surface area contributed by atoms with Crippen LogP contribution in [0.15, 0.2) is 28.9 Å². The highest BCUT2D eigenvalue weighted by Crippen LogP contribution is 2.22. The number of aryl methyl sites for hydroxylation is 1. The summed E-state index contributed by atoms with van der Waals surface area (Å²) >= 11 is 0. The average Bonchev–Trinajstić information content (AvgIpc) is 2.59. The number of carbonyl (C=O) groups excluding carboxylic acids is 1. The van der Waals surface area contributed by atoms with Crippen LogP contribution in [0.5, 0.6) is 0 Å². The van der Waals surface area contributed by atoms with E-state index in [-0.39, 0.29) is 0 Å². The predicted octanol–water partition coefficient (Wildman–Crippen LogP) is 2.40. The molecule has 4 heteroatoms. The fourth-order valence-corrected chi connectivity index (χ4v) is 1.57. The van der Waals surface area contributed by atoms with Crippen molar-refractivity contribution in [2.24, 2.45) is 0 Å². The van der Waals surface area contributed by atoms with E-state index in [9.17, 15) is 9.59 Å². The lowest BCUT2D eigenvalue weighted by Crippen LogP contribution is -2.06. The summed E-state index contributed by atoms with van der Waals surface area (Å²) in [6, 6.07) is 4.92. The maximum Gasteiger partial charge on any atom is 0.311 e. The number of fused-ring (bicyclic) bond motifs is 1. The number of aliphatic carboxylic acids is 1. The smallest absolute Gasteiger partial charge is 0.311 e. The van der Waals surface area contributed by atoms with Crippen LogP contribution >= 0.6 is 0 Å². The number of carboxylic acids is 1. The Hall–Kier alpha value is -2.10. The van der Waals surface area contributed by atoms with Crippen molar-refractivity contribution in [1.82, 2.24) is 0 Å². The second kappa shape index (κ2) is 3.81. The lowest BCUT2D eigenvalue weighted by molar-refractivity contribution is -0.135. The third-order valence-corrected chi connectivity index (χ3v) is 2.40. The van der Waals surface area contributed by atoms with Crippen molar-refractivity contribution in [1.29, 1.82) is 0 Å². The lowest BCUT2D eigenvalue weighted by atomic mass is 10.1. The monoisotopic (exact) mass is 218 g/mol. The van der Waals surface area contributed by atoms with Crippen LogP contribution in [0.3, 0.4) is 0 Å². The van der Waals surface area contributed by atoms with E-state index in [1.807, 2.05) is 6.92 Å². The zero-order chi connectivity index (χ0) is 11.7. The van der Waals surface area contributed by atoms with Crippen molar-refractivity contribution in [2.75, 3.05) is 0 Å². The van der Waals surface area contributed by atoms with E-state index in [0.717, 1.165) is 10.9 Å². The summed E-state index contributed by atoms with van der Waals surface area (Å²) in [6.45, 7) is 1.87. The number of furan rings is 1. The van der Waals surface area contributed by atoms with Gasteiger partial charge >= 0.3 is 5.97 Å². The van der Waals surface area contributed by atoms with Crippen LogP contribution in [0.2, 0.25) is 0 Å². The van der Waals surface area contributed by atoms with E-state index in [2.05, 4.69) is 0 Å². The lowest BCUT2D eigenvalue weighted by Gasteiger charge is -1.98. The molecule has 0 fully saturated rings. The fourth-order valence-electron chi connectivity index (χ4n) is 1.57. The molecule has 4 nitrogen and oxygen atoms in total. The van der Waals surface area contributed by atoms with Crippen molar-refractivity contribution in [3.05, 3.63) is 35.6 Å². The molecular weight excluding hydrogens is 208 g/mol. The highest BCUT2D eigenvalue weighted by molar-refractivity contribution is 6.07. The molecule has 0 saturated heterocycles. The minimum absolute atomic E-state index is 0.394. The number of carboxylic acid groups (broad SMARTS) is 1. The van der Waals surface area contributed by atoms with Crippen LogP contribution in [0.25, 0.3) is 11.0 Å². The Kier molecular flexibility index (Phi) is 2.48. The fraction of sp³-hybridized carbons (Fsp3) is 0.167. The quantitative estimate of drug-likeness (QED) is 0.634. The number of hydrogen-bond donors (Lipinski definition) is 1. The Balaban J connectivity index is 2.42. The third kappa shape index (κ3) is 1.82. The first-order chi connectivity index (χ1) is 7.58.